The lowest BCUT2D eigenvalue weighted by Crippen LogP contribution is -2.27. The number of nitrogens with two attached hydrogens (primary N) is 1. The summed E-state index contributed by atoms with van der Waals surface area (Å²) in [6.07, 6.45) is 0. The second-order valence-electron chi connectivity index (χ2n) is 4.46. The van der Waals surface area contributed by atoms with Crippen LogP contribution in [0.25, 0.3) is 0 Å². The van der Waals surface area contributed by atoms with Crippen molar-refractivity contribution in [3.63, 3.8) is 0 Å². The lowest BCUT2D eigenvalue weighted by atomic mass is 10.2. The van der Waals surface area contributed by atoms with E-state index in [-0.39, 0.29) is 5.91 Å². The average Bonchev–Trinajstić information content (AvgIpc) is 2.31. The van der Waals surface area contributed by atoms with E-state index in [0.717, 1.165) is 0 Å². The van der Waals surface area contributed by atoms with Gasteiger partial charge < -0.3 is 15.8 Å². The number of benzene rings is 1. The minimum absolute atomic E-state index is 0.176. The first-order valence-electron chi connectivity index (χ1n) is 5.91. The second kappa shape index (κ2) is 7.24. The summed E-state index contributed by atoms with van der Waals surface area (Å²) in [7, 11) is 0. The third-order valence-electron chi connectivity index (χ3n) is 2.25. The summed E-state index contributed by atoms with van der Waals surface area (Å²) < 4.78 is 5.36. The van der Waals surface area contributed by atoms with Gasteiger partial charge in [-0.05, 0) is 24.1 Å². The number of rotatable bonds is 6. The molecule has 0 aliphatic carbocycles. The summed E-state index contributed by atoms with van der Waals surface area (Å²) in [5, 5.41) is 3.14. The number of halogens is 1. The summed E-state index contributed by atoms with van der Waals surface area (Å²) in [6.45, 7) is 5.84. The van der Waals surface area contributed by atoms with Crippen LogP contribution < -0.4 is 11.1 Å². The third kappa shape index (κ3) is 4.94. The predicted molar refractivity (Wildman–Crippen MR) is 73.9 cm³/mol. The summed E-state index contributed by atoms with van der Waals surface area (Å²) >= 11 is 5.85. The Kier molecular flexibility index (Phi) is 5.95. The number of hydrogen-bond acceptors (Lipinski definition) is 3. The van der Waals surface area contributed by atoms with Crippen molar-refractivity contribution in [3.8, 4) is 0 Å². The first-order chi connectivity index (χ1) is 8.50. The van der Waals surface area contributed by atoms with E-state index < -0.39 is 0 Å². The van der Waals surface area contributed by atoms with Crippen molar-refractivity contribution < 1.29 is 9.53 Å². The Hall–Kier alpha value is -1.26. The molecule has 0 saturated heterocycles. The highest BCUT2D eigenvalue weighted by Gasteiger charge is 2.06. The van der Waals surface area contributed by atoms with Gasteiger partial charge in [-0.25, -0.2) is 0 Å². The molecule has 1 aromatic rings. The number of amides is 1. The monoisotopic (exact) mass is 270 g/mol. The summed E-state index contributed by atoms with van der Waals surface area (Å²) in [5.41, 5.74) is 6.54. The van der Waals surface area contributed by atoms with Crippen molar-refractivity contribution in [2.24, 2.45) is 5.92 Å². The van der Waals surface area contributed by atoms with E-state index in [9.17, 15) is 4.79 Å². The maximum Gasteiger partial charge on any atom is 0.251 e. The highest BCUT2D eigenvalue weighted by atomic mass is 35.5. The zero-order chi connectivity index (χ0) is 13.5. The number of nitrogen functional groups attached to an aromatic ring is 1. The Labute approximate surface area is 112 Å². The molecule has 0 aliphatic rings. The predicted octanol–water partition coefficient (Wildman–Crippen LogP) is 2.32. The second-order valence-corrected chi connectivity index (χ2v) is 4.87. The molecule has 4 nitrogen and oxygen atoms in total. The summed E-state index contributed by atoms with van der Waals surface area (Å²) in [4.78, 5) is 11.7. The summed E-state index contributed by atoms with van der Waals surface area (Å²) in [6, 6.07) is 4.82. The lowest BCUT2D eigenvalue weighted by Gasteiger charge is -2.08. The normalized spacial score (nSPS) is 10.7. The quantitative estimate of drug-likeness (QED) is 0.616. The van der Waals surface area contributed by atoms with Gasteiger partial charge in [-0.3, -0.25) is 4.79 Å². The Bertz CT molecular complexity index is 408. The van der Waals surface area contributed by atoms with Crippen LogP contribution in [-0.2, 0) is 4.74 Å². The van der Waals surface area contributed by atoms with Crippen LogP contribution in [0.4, 0.5) is 5.69 Å². The number of ether oxygens (including phenoxy) is 1. The van der Waals surface area contributed by atoms with Crippen LogP contribution in [0.1, 0.15) is 24.2 Å². The molecule has 18 heavy (non-hydrogen) atoms. The fourth-order valence-corrected chi connectivity index (χ4v) is 1.51. The van der Waals surface area contributed by atoms with Crippen molar-refractivity contribution in [1.82, 2.24) is 5.32 Å². The zero-order valence-electron chi connectivity index (χ0n) is 10.7. The van der Waals surface area contributed by atoms with Gasteiger partial charge in [0.1, 0.15) is 0 Å². The molecule has 1 amide bonds. The molecule has 1 aromatic carbocycles. The molecule has 0 radical (unpaired) electrons. The van der Waals surface area contributed by atoms with Crippen LogP contribution in [0.2, 0.25) is 5.02 Å². The van der Waals surface area contributed by atoms with Crippen molar-refractivity contribution in [2.45, 2.75) is 13.8 Å². The third-order valence-corrected chi connectivity index (χ3v) is 2.57. The highest BCUT2D eigenvalue weighted by molar-refractivity contribution is 6.33. The number of hydrogen-bond donors (Lipinski definition) is 2. The zero-order valence-corrected chi connectivity index (χ0v) is 11.5. The van der Waals surface area contributed by atoms with Gasteiger partial charge in [-0.2, -0.15) is 0 Å². The van der Waals surface area contributed by atoms with Crippen molar-refractivity contribution >= 4 is 23.2 Å². The largest absolute Gasteiger partial charge is 0.398 e. The maximum absolute atomic E-state index is 11.7. The molecule has 0 aliphatic heterocycles. The van der Waals surface area contributed by atoms with Gasteiger partial charge in [0.15, 0.2) is 0 Å². The maximum atomic E-state index is 11.7. The molecule has 100 valence electrons. The highest BCUT2D eigenvalue weighted by Crippen LogP contribution is 2.19. The van der Waals surface area contributed by atoms with Crippen molar-refractivity contribution in [1.29, 1.82) is 0 Å². The fourth-order valence-electron chi connectivity index (χ4n) is 1.33. The van der Waals surface area contributed by atoms with Crippen LogP contribution in [0.3, 0.4) is 0 Å². The van der Waals surface area contributed by atoms with E-state index in [1.807, 2.05) is 0 Å². The van der Waals surface area contributed by atoms with Crippen molar-refractivity contribution in [3.05, 3.63) is 28.8 Å². The number of carbonyl (C=O) groups excluding carboxylic acids is 1. The van der Waals surface area contributed by atoms with Gasteiger partial charge in [0.05, 0.1) is 17.3 Å². The van der Waals surface area contributed by atoms with Crippen LogP contribution >= 0.6 is 11.6 Å². The van der Waals surface area contributed by atoms with E-state index in [1.54, 1.807) is 18.2 Å². The van der Waals surface area contributed by atoms with Crippen LogP contribution in [0.15, 0.2) is 18.2 Å². The number of nitrogens with one attached hydrogen (secondary N) is 1. The van der Waals surface area contributed by atoms with Gasteiger partial charge >= 0.3 is 0 Å². The molecule has 0 atom stereocenters. The van der Waals surface area contributed by atoms with Crippen LogP contribution in [-0.4, -0.2) is 25.7 Å². The molecule has 0 heterocycles. The molecule has 0 saturated carbocycles. The van der Waals surface area contributed by atoms with Gasteiger partial charge in [-0.15, -0.1) is 0 Å². The van der Waals surface area contributed by atoms with Gasteiger partial charge in [0, 0.05) is 18.7 Å². The van der Waals surface area contributed by atoms with Crippen LogP contribution in [0, 0.1) is 5.92 Å². The fraction of sp³-hybridized carbons (Fsp3) is 0.462. The molecule has 5 heteroatoms. The lowest BCUT2D eigenvalue weighted by molar-refractivity contribution is 0.0886. The minimum atomic E-state index is -0.176. The molecule has 0 fully saturated rings. The molecule has 0 aromatic heterocycles. The molecule has 0 bridgehead atoms. The Morgan fingerprint density at radius 3 is 2.83 bits per heavy atom. The average molecular weight is 271 g/mol. The minimum Gasteiger partial charge on any atom is -0.398 e. The molecule has 1 rings (SSSR count). The standard InChI is InChI=1S/C13H19ClN2O2/c1-9(2)8-18-6-5-16-13(17)10-3-4-12(15)11(14)7-10/h3-4,7,9H,5-6,8,15H2,1-2H3,(H,16,17). The topological polar surface area (TPSA) is 64.3 Å². The van der Waals surface area contributed by atoms with Gasteiger partial charge in [0.25, 0.3) is 5.91 Å². The van der Waals surface area contributed by atoms with Gasteiger partial charge in [-0.1, -0.05) is 25.4 Å². The first kappa shape index (κ1) is 14.8. The molecule has 0 unspecified atom stereocenters. The molecular formula is C13H19ClN2O2. The van der Waals surface area contributed by atoms with E-state index in [2.05, 4.69) is 19.2 Å². The van der Waals surface area contributed by atoms with E-state index in [1.165, 1.54) is 0 Å². The van der Waals surface area contributed by atoms with E-state index in [0.29, 0.717) is 41.9 Å². The van der Waals surface area contributed by atoms with Crippen molar-refractivity contribution in [2.75, 3.05) is 25.5 Å². The van der Waals surface area contributed by atoms with Crippen LogP contribution in [0.5, 0.6) is 0 Å². The van der Waals surface area contributed by atoms with E-state index >= 15 is 0 Å². The smallest absolute Gasteiger partial charge is 0.251 e. The summed E-state index contributed by atoms with van der Waals surface area (Å²) in [5.74, 6) is 0.321. The van der Waals surface area contributed by atoms with E-state index in [4.69, 9.17) is 22.1 Å². The Morgan fingerprint density at radius 1 is 1.50 bits per heavy atom. The Balaban J connectivity index is 2.34. The molecule has 3 N–H and O–H groups in total. The number of anilines is 1. The number of carbonyl (C=O) groups is 1. The van der Waals surface area contributed by atoms with Gasteiger partial charge in [0.2, 0.25) is 0 Å². The Morgan fingerprint density at radius 2 is 2.22 bits per heavy atom. The first-order valence-corrected chi connectivity index (χ1v) is 6.29. The SMILES string of the molecule is CC(C)COCCNC(=O)c1ccc(N)c(Cl)c1. The molecular weight excluding hydrogens is 252 g/mol. The molecule has 0 spiro atoms.